The van der Waals surface area contributed by atoms with Crippen LogP contribution in [0.15, 0.2) is 48.5 Å². The Hall–Kier alpha value is -2.58. The number of carbonyl (C=O) groups is 2. The average Bonchev–Trinajstić information content (AvgIpc) is 3.47. The standard InChI is InChI=1S/C34H44ClN3O4S/c1-23(33(40)36-29-8-4-5-9-29)37(21-27-7-3-6-10-31(27)35)32(39)22-38(43(2,41)42)30-13-11-28(12-14-30)34-18-24-15-25(19-34)17-26(16-24)20-34/h3,6-7,10-14,23-26,29H,4-5,8-9,15-22H2,1-2H3,(H,36,40). The van der Waals surface area contributed by atoms with Gasteiger partial charge in [0.05, 0.1) is 11.9 Å². The third-order valence-electron chi connectivity index (χ3n) is 10.7. The largest absolute Gasteiger partial charge is 0.352 e. The zero-order chi connectivity index (χ0) is 30.4. The molecule has 1 unspecified atom stereocenters. The molecule has 5 aliphatic rings. The molecule has 0 aromatic heterocycles. The van der Waals surface area contributed by atoms with Crippen LogP contribution in [0.25, 0.3) is 0 Å². The lowest BCUT2D eigenvalue weighted by Gasteiger charge is -2.57. The molecule has 2 aromatic carbocycles. The Kier molecular flexibility index (Phi) is 8.55. The lowest BCUT2D eigenvalue weighted by Crippen LogP contribution is -2.52. The first-order valence-corrected chi connectivity index (χ1v) is 18.1. The second kappa shape index (κ2) is 12.1. The maximum absolute atomic E-state index is 14.0. The van der Waals surface area contributed by atoms with Crippen LogP contribution in [-0.4, -0.2) is 50.0 Å². The van der Waals surface area contributed by atoms with E-state index in [1.54, 1.807) is 13.0 Å². The highest BCUT2D eigenvalue weighted by Gasteiger charge is 2.51. The van der Waals surface area contributed by atoms with Gasteiger partial charge in [0, 0.05) is 17.6 Å². The lowest BCUT2D eigenvalue weighted by atomic mass is 9.48. The quantitative estimate of drug-likeness (QED) is 0.348. The first-order chi connectivity index (χ1) is 20.5. The van der Waals surface area contributed by atoms with Crippen LogP contribution in [0.1, 0.15) is 82.3 Å². The summed E-state index contributed by atoms with van der Waals surface area (Å²) >= 11 is 6.45. The van der Waals surface area contributed by atoms with E-state index in [0.717, 1.165) is 49.7 Å². The number of rotatable bonds is 10. The molecule has 5 aliphatic carbocycles. The molecule has 1 N–H and O–H groups in total. The molecular weight excluding hydrogens is 582 g/mol. The highest BCUT2D eigenvalue weighted by molar-refractivity contribution is 7.92. The van der Waals surface area contributed by atoms with Crippen molar-refractivity contribution in [1.29, 1.82) is 0 Å². The summed E-state index contributed by atoms with van der Waals surface area (Å²) in [5.41, 5.74) is 2.66. The van der Waals surface area contributed by atoms with E-state index in [1.807, 2.05) is 30.3 Å². The van der Waals surface area contributed by atoms with E-state index < -0.39 is 28.5 Å². The Labute approximate surface area is 261 Å². The van der Waals surface area contributed by atoms with Crippen molar-refractivity contribution in [3.05, 3.63) is 64.7 Å². The number of nitrogens with zero attached hydrogens (tertiary/aromatic N) is 2. The number of nitrogens with one attached hydrogen (secondary N) is 1. The smallest absolute Gasteiger partial charge is 0.244 e. The van der Waals surface area contributed by atoms with E-state index in [1.165, 1.54) is 53.3 Å². The first kappa shape index (κ1) is 30.4. The van der Waals surface area contributed by atoms with Crippen LogP contribution in [0, 0.1) is 17.8 Å². The van der Waals surface area contributed by atoms with Crippen molar-refractivity contribution < 1.29 is 18.0 Å². The minimum Gasteiger partial charge on any atom is -0.352 e. The summed E-state index contributed by atoms with van der Waals surface area (Å²) in [6, 6.07) is 14.4. The Morgan fingerprint density at radius 2 is 1.53 bits per heavy atom. The van der Waals surface area contributed by atoms with Crippen molar-refractivity contribution in [2.75, 3.05) is 17.1 Å². The third kappa shape index (κ3) is 6.46. The number of amides is 2. The fourth-order valence-electron chi connectivity index (χ4n) is 8.84. The fraction of sp³-hybridized carbons (Fsp3) is 0.588. The number of halogens is 1. The van der Waals surface area contributed by atoms with Gasteiger partial charge in [-0.2, -0.15) is 0 Å². The fourth-order valence-corrected chi connectivity index (χ4v) is 9.89. The molecule has 43 heavy (non-hydrogen) atoms. The molecule has 232 valence electrons. The van der Waals surface area contributed by atoms with E-state index in [0.29, 0.717) is 16.3 Å². The summed E-state index contributed by atoms with van der Waals surface area (Å²) in [5, 5.41) is 3.58. The van der Waals surface area contributed by atoms with Crippen LogP contribution in [0.4, 0.5) is 5.69 Å². The van der Waals surface area contributed by atoms with Crippen molar-refractivity contribution in [3.8, 4) is 0 Å². The zero-order valence-electron chi connectivity index (χ0n) is 25.3. The number of hydrogen-bond donors (Lipinski definition) is 1. The van der Waals surface area contributed by atoms with Crippen LogP contribution in [0.5, 0.6) is 0 Å². The Morgan fingerprint density at radius 3 is 2.09 bits per heavy atom. The summed E-state index contributed by atoms with van der Waals surface area (Å²) in [4.78, 5) is 28.7. The highest BCUT2D eigenvalue weighted by Crippen LogP contribution is 2.60. The number of hydrogen-bond acceptors (Lipinski definition) is 4. The molecule has 7 nitrogen and oxygen atoms in total. The van der Waals surface area contributed by atoms with E-state index in [4.69, 9.17) is 11.6 Å². The van der Waals surface area contributed by atoms with Crippen molar-refractivity contribution in [2.24, 2.45) is 17.8 Å². The number of sulfonamides is 1. The average molecular weight is 626 g/mol. The van der Waals surface area contributed by atoms with Gasteiger partial charge in [0.1, 0.15) is 12.6 Å². The van der Waals surface area contributed by atoms with Crippen LogP contribution >= 0.6 is 11.6 Å². The molecule has 0 saturated heterocycles. The summed E-state index contributed by atoms with van der Waals surface area (Å²) in [6.45, 7) is 1.39. The van der Waals surface area contributed by atoms with Gasteiger partial charge in [-0.25, -0.2) is 8.42 Å². The molecule has 1 atom stereocenters. The predicted molar refractivity (Wildman–Crippen MR) is 170 cm³/mol. The van der Waals surface area contributed by atoms with Crippen molar-refractivity contribution in [3.63, 3.8) is 0 Å². The van der Waals surface area contributed by atoms with Gasteiger partial charge in [-0.3, -0.25) is 13.9 Å². The Balaban J connectivity index is 1.23. The summed E-state index contributed by atoms with van der Waals surface area (Å²) in [7, 11) is -3.79. The molecule has 0 spiro atoms. The molecule has 5 saturated carbocycles. The van der Waals surface area contributed by atoms with Crippen molar-refractivity contribution in [2.45, 2.75) is 95.2 Å². The molecule has 2 amide bonds. The van der Waals surface area contributed by atoms with Gasteiger partial charge in [-0.15, -0.1) is 0 Å². The molecule has 0 heterocycles. The maximum Gasteiger partial charge on any atom is 0.244 e. The molecule has 2 aromatic rings. The molecule has 7 rings (SSSR count). The molecule has 5 fully saturated rings. The summed E-state index contributed by atoms with van der Waals surface area (Å²) < 4.78 is 27.4. The van der Waals surface area contributed by atoms with E-state index in [9.17, 15) is 18.0 Å². The topological polar surface area (TPSA) is 86.8 Å². The monoisotopic (exact) mass is 625 g/mol. The maximum atomic E-state index is 14.0. The summed E-state index contributed by atoms with van der Waals surface area (Å²) in [6.07, 6.45) is 12.9. The van der Waals surface area contributed by atoms with Gasteiger partial charge in [0.2, 0.25) is 21.8 Å². The number of benzene rings is 2. The third-order valence-corrected chi connectivity index (χ3v) is 12.2. The second-order valence-electron chi connectivity index (χ2n) is 13.8. The van der Waals surface area contributed by atoms with Crippen molar-refractivity contribution in [1.82, 2.24) is 10.2 Å². The van der Waals surface area contributed by atoms with Gasteiger partial charge < -0.3 is 10.2 Å². The minimum atomic E-state index is -3.79. The molecule has 0 aliphatic heterocycles. The van der Waals surface area contributed by atoms with Crippen LogP contribution < -0.4 is 9.62 Å². The normalized spacial score (nSPS) is 27.2. The Morgan fingerprint density at radius 1 is 0.953 bits per heavy atom. The summed E-state index contributed by atoms with van der Waals surface area (Å²) in [5.74, 6) is 1.75. The van der Waals surface area contributed by atoms with Crippen molar-refractivity contribution >= 4 is 39.1 Å². The molecular formula is C34H44ClN3O4S. The lowest BCUT2D eigenvalue weighted by molar-refractivity contribution is -0.139. The highest BCUT2D eigenvalue weighted by atomic mass is 35.5. The van der Waals surface area contributed by atoms with Crippen LogP contribution in [0.3, 0.4) is 0 Å². The van der Waals surface area contributed by atoms with Gasteiger partial charge >= 0.3 is 0 Å². The Bertz CT molecular complexity index is 1420. The second-order valence-corrected chi connectivity index (χ2v) is 16.1. The van der Waals surface area contributed by atoms with E-state index in [2.05, 4.69) is 17.4 Å². The molecule has 0 radical (unpaired) electrons. The van der Waals surface area contributed by atoms with E-state index in [-0.39, 0.29) is 23.9 Å². The van der Waals surface area contributed by atoms with Gasteiger partial charge in [-0.05, 0) is 111 Å². The minimum absolute atomic E-state index is 0.0975. The SMILES string of the molecule is CC(C(=O)NC1CCCC1)N(Cc1ccccc1Cl)C(=O)CN(c1ccc(C23CC4CC(CC(C4)C2)C3)cc1)S(C)(=O)=O. The van der Waals surface area contributed by atoms with Gasteiger partial charge in [-0.1, -0.05) is 54.8 Å². The molecule has 4 bridgehead atoms. The van der Waals surface area contributed by atoms with Gasteiger partial charge in [0.25, 0.3) is 0 Å². The van der Waals surface area contributed by atoms with Crippen LogP contribution in [0.2, 0.25) is 5.02 Å². The van der Waals surface area contributed by atoms with Gasteiger partial charge in [0.15, 0.2) is 0 Å². The number of anilines is 1. The predicted octanol–water partition coefficient (Wildman–Crippen LogP) is 6.05. The van der Waals surface area contributed by atoms with E-state index >= 15 is 0 Å². The zero-order valence-corrected chi connectivity index (χ0v) is 26.9. The number of carbonyl (C=O) groups excluding carboxylic acids is 2. The van der Waals surface area contributed by atoms with Crippen LogP contribution in [-0.2, 0) is 31.6 Å². The first-order valence-electron chi connectivity index (χ1n) is 15.9. The molecule has 9 heteroatoms.